The number of carbonyl (C=O) groups is 1. The molecule has 2 aromatic heterocycles. The van der Waals surface area contributed by atoms with E-state index < -0.39 is 0 Å². The van der Waals surface area contributed by atoms with Crippen LogP contribution in [0.3, 0.4) is 0 Å². The first-order valence-corrected chi connectivity index (χ1v) is 7.36. The van der Waals surface area contributed by atoms with Crippen LogP contribution in [-0.4, -0.2) is 26.5 Å². The third kappa shape index (κ3) is 3.73. The van der Waals surface area contributed by atoms with Gasteiger partial charge in [0.05, 0.1) is 6.42 Å². The molecule has 0 radical (unpaired) electrons. The van der Waals surface area contributed by atoms with E-state index in [0.29, 0.717) is 18.7 Å². The molecule has 0 aliphatic rings. The zero-order chi connectivity index (χ0) is 14.5. The highest BCUT2D eigenvalue weighted by Gasteiger charge is 2.05. The van der Waals surface area contributed by atoms with Crippen LogP contribution in [0.2, 0.25) is 0 Å². The molecule has 0 aliphatic carbocycles. The minimum atomic E-state index is -0.0145. The third-order valence-electron chi connectivity index (χ3n) is 2.93. The first kappa shape index (κ1) is 13.4. The standard InChI is InChI=1S/C14H13N5OS/c20-14(8-11-5-6-21-9-11)15-12-3-1-10(2-4-12)7-13-16-18-19-17-13/h1-6,9H,7-8H2,(H,15,20)(H,16,17,18,19). The van der Waals surface area contributed by atoms with Crippen molar-refractivity contribution in [3.05, 3.63) is 58.0 Å². The molecular formula is C14H13N5OS. The number of tetrazole rings is 1. The van der Waals surface area contributed by atoms with Gasteiger partial charge in [-0.2, -0.15) is 16.6 Å². The fraction of sp³-hybridized carbons (Fsp3) is 0.143. The second-order valence-corrected chi connectivity index (χ2v) is 5.34. The summed E-state index contributed by atoms with van der Waals surface area (Å²) in [6, 6.07) is 9.59. The van der Waals surface area contributed by atoms with Gasteiger partial charge in [-0.15, -0.1) is 10.2 Å². The summed E-state index contributed by atoms with van der Waals surface area (Å²) >= 11 is 1.59. The minimum absolute atomic E-state index is 0.0145. The zero-order valence-corrected chi connectivity index (χ0v) is 11.9. The average Bonchev–Trinajstić information content (AvgIpc) is 3.14. The van der Waals surface area contributed by atoms with Crippen LogP contribution in [0.4, 0.5) is 5.69 Å². The Morgan fingerprint density at radius 3 is 2.71 bits per heavy atom. The van der Waals surface area contributed by atoms with Gasteiger partial charge in [-0.05, 0) is 40.1 Å². The van der Waals surface area contributed by atoms with Gasteiger partial charge in [0.25, 0.3) is 0 Å². The Balaban J connectivity index is 1.58. The number of hydrogen-bond acceptors (Lipinski definition) is 5. The van der Waals surface area contributed by atoms with Crippen molar-refractivity contribution < 1.29 is 4.79 Å². The average molecular weight is 299 g/mol. The Bertz CT molecular complexity index is 692. The Kier molecular flexibility index (Phi) is 4.02. The molecule has 0 aliphatic heterocycles. The maximum atomic E-state index is 11.9. The van der Waals surface area contributed by atoms with E-state index in [1.165, 1.54) is 0 Å². The number of nitrogens with one attached hydrogen (secondary N) is 2. The van der Waals surface area contributed by atoms with Gasteiger partial charge in [0.2, 0.25) is 5.91 Å². The maximum Gasteiger partial charge on any atom is 0.228 e. The van der Waals surface area contributed by atoms with Crippen LogP contribution >= 0.6 is 11.3 Å². The van der Waals surface area contributed by atoms with Crippen molar-refractivity contribution in [2.75, 3.05) is 5.32 Å². The van der Waals surface area contributed by atoms with E-state index in [1.807, 2.05) is 41.1 Å². The smallest absolute Gasteiger partial charge is 0.228 e. The van der Waals surface area contributed by atoms with E-state index in [4.69, 9.17) is 0 Å². The second kappa shape index (κ2) is 6.27. The molecule has 21 heavy (non-hydrogen) atoms. The number of nitrogens with zero attached hydrogens (tertiary/aromatic N) is 3. The number of H-pyrrole nitrogens is 1. The summed E-state index contributed by atoms with van der Waals surface area (Å²) in [5.41, 5.74) is 2.88. The lowest BCUT2D eigenvalue weighted by Crippen LogP contribution is -2.13. The van der Waals surface area contributed by atoms with Crippen molar-refractivity contribution in [3.63, 3.8) is 0 Å². The van der Waals surface area contributed by atoms with Gasteiger partial charge in [0.1, 0.15) is 0 Å². The van der Waals surface area contributed by atoms with Gasteiger partial charge < -0.3 is 5.32 Å². The monoisotopic (exact) mass is 299 g/mol. The number of anilines is 1. The summed E-state index contributed by atoms with van der Waals surface area (Å²) in [6.45, 7) is 0. The van der Waals surface area contributed by atoms with Gasteiger partial charge in [-0.25, -0.2) is 0 Å². The van der Waals surface area contributed by atoms with Gasteiger partial charge in [0, 0.05) is 12.1 Å². The largest absolute Gasteiger partial charge is 0.326 e. The number of hydrogen-bond donors (Lipinski definition) is 2. The Morgan fingerprint density at radius 1 is 1.19 bits per heavy atom. The van der Waals surface area contributed by atoms with Crippen LogP contribution < -0.4 is 5.32 Å². The molecular weight excluding hydrogens is 286 g/mol. The molecule has 1 aromatic carbocycles. The van der Waals surface area contributed by atoms with Crippen LogP contribution in [0, 0.1) is 0 Å². The molecule has 3 rings (SSSR count). The van der Waals surface area contributed by atoms with Gasteiger partial charge in [-0.3, -0.25) is 4.79 Å². The van der Waals surface area contributed by atoms with E-state index in [1.54, 1.807) is 11.3 Å². The predicted molar refractivity (Wildman–Crippen MR) is 80.1 cm³/mol. The SMILES string of the molecule is O=C(Cc1ccsc1)Nc1ccc(Cc2nn[nH]n2)cc1. The molecule has 3 aromatic rings. The van der Waals surface area contributed by atoms with E-state index >= 15 is 0 Å². The molecule has 0 fully saturated rings. The van der Waals surface area contributed by atoms with Crippen LogP contribution in [0.5, 0.6) is 0 Å². The first-order valence-electron chi connectivity index (χ1n) is 6.42. The van der Waals surface area contributed by atoms with Crippen molar-refractivity contribution in [1.82, 2.24) is 20.6 Å². The Hall–Kier alpha value is -2.54. The number of benzene rings is 1. The van der Waals surface area contributed by atoms with Crippen LogP contribution in [-0.2, 0) is 17.6 Å². The lowest BCUT2D eigenvalue weighted by molar-refractivity contribution is -0.115. The number of thiophene rings is 1. The van der Waals surface area contributed by atoms with E-state index in [2.05, 4.69) is 25.9 Å². The lowest BCUT2D eigenvalue weighted by atomic mass is 10.1. The number of aromatic nitrogens is 4. The number of rotatable bonds is 5. The van der Waals surface area contributed by atoms with E-state index in [0.717, 1.165) is 16.8 Å². The molecule has 7 heteroatoms. The summed E-state index contributed by atoms with van der Waals surface area (Å²) in [6.07, 6.45) is 1.01. The van der Waals surface area contributed by atoms with Gasteiger partial charge in [-0.1, -0.05) is 17.3 Å². The molecule has 0 atom stereocenters. The number of aromatic amines is 1. The van der Waals surface area contributed by atoms with Crippen molar-refractivity contribution in [2.45, 2.75) is 12.8 Å². The third-order valence-corrected chi connectivity index (χ3v) is 3.67. The van der Waals surface area contributed by atoms with Crippen molar-refractivity contribution in [3.8, 4) is 0 Å². The molecule has 0 bridgehead atoms. The molecule has 0 saturated heterocycles. The minimum Gasteiger partial charge on any atom is -0.326 e. The summed E-state index contributed by atoms with van der Waals surface area (Å²) in [5, 5.41) is 20.6. The van der Waals surface area contributed by atoms with Crippen LogP contribution in [0.1, 0.15) is 17.0 Å². The highest BCUT2D eigenvalue weighted by atomic mass is 32.1. The summed E-state index contributed by atoms with van der Waals surface area (Å²) < 4.78 is 0. The molecule has 2 N–H and O–H groups in total. The Labute approximate surface area is 125 Å². The zero-order valence-electron chi connectivity index (χ0n) is 11.1. The molecule has 106 valence electrons. The highest BCUT2D eigenvalue weighted by Crippen LogP contribution is 2.13. The quantitative estimate of drug-likeness (QED) is 0.755. The van der Waals surface area contributed by atoms with Gasteiger partial charge >= 0.3 is 0 Å². The predicted octanol–water partition coefficient (Wildman–Crippen LogP) is 2.03. The van der Waals surface area contributed by atoms with Crippen molar-refractivity contribution in [1.29, 1.82) is 0 Å². The van der Waals surface area contributed by atoms with E-state index in [-0.39, 0.29) is 5.91 Å². The van der Waals surface area contributed by atoms with Crippen molar-refractivity contribution >= 4 is 22.9 Å². The lowest BCUT2D eigenvalue weighted by Gasteiger charge is -2.05. The van der Waals surface area contributed by atoms with E-state index in [9.17, 15) is 4.79 Å². The normalized spacial score (nSPS) is 10.5. The number of carbonyl (C=O) groups excluding carboxylic acids is 1. The summed E-state index contributed by atoms with van der Waals surface area (Å²) in [7, 11) is 0. The molecule has 0 unspecified atom stereocenters. The van der Waals surface area contributed by atoms with Crippen LogP contribution in [0.25, 0.3) is 0 Å². The molecule has 6 nitrogen and oxygen atoms in total. The first-order chi connectivity index (χ1) is 10.3. The molecule has 2 heterocycles. The van der Waals surface area contributed by atoms with Crippen molar-refractivity contribution in [2.24, 2.45) is 0 Å². The summed E-state index contributed by atoms with van der Waals surface area (Å²) in [5.74, 6) is 0.628. The van der Waals surface area contributed by atoms with Crippen LogP contribution in [0.15, 0.2) is 41.1 Å². The molecule has 1 amide bonds. The fourth-order valence-electron chi connectivity index (χ4n) is 1.93. The molecule has 0 spiro atoms. The number of amides is 1. The summed E-state index contributed by atoms with van der Waals surface area (Å²) in [4.78, 5) is 11.9. The molecule has 0 saturated carbocycles. The highest BCUT2D eigenvalue weighted by molar-refractivity contribution is 7.08. The van der Waals surface area contributed by atoms with Gasteiger partial charge in [0.15, 0.2) is 5.82 Å². The fourth-order valence-corrected chi connectivity index (χ4v) is 2.60. The second-order valence-electron chi connectivity index (χ2n) is 4.56. The maximum absolute atomic E-state index is 11.9. The topological polar surface area (TPSA) is 83.6 Å². The Morgan fingerprint density at radius 2 is 2.05 bits per heavy atom.